The summed E-state index contributed by atoms with van der Waals surface area (Å²) in [6.07, 6.45) is 0. The van der Waals surface area contributed by atoms with Crippen molar-refractivity contribution in [3.8, 4) is 0 Å². The minimum Gasteiger partial charge on any atom is -0.326 e. The van der Waals surface area contributed by atoms with E-state index in [2.05, 4.69) is 24.7 Å². The van der Waals surface area contributed by atoms with Crippen LogP contribution in [0.1, 0.15) is 0 Å². The van der Waals surface area contributed by atoms with E-state index in [1.54, 1.807) is 0 Å². The van der Waals surface area contributed by atoms with Gasteiger partial charge in [-0.15, -0.1) is 0 Å². The summed E-state index contributed by atoms with van der Waals surface area (Å²) in [5.41, 5.74) is 0. The highest BCUT2D eigenvalue weighted by atomic mass is 32.5. The molecule has 1 atom stereocenters. The molecule has 0 radical (unpaired) electrons. The van der Waals surface area contributed by atoms with Crippen molar-refractivity contribution in [2.75, 3.05) is 0 Å². The quantitative estimate of drug-likeness (QED) is 0.701. The molecule has 1 aliphatic heterocycles. The van der Waals surface area contributed by atoms with E-state index in [0.29, 0.717) is 0 Å². The van der Waals surface area contributed by atoms with Gasteiger partial charge in [-0.25, -0.2) is 12.9 Å². The Morgan fingerprint density at radius 3 is 2.50 bits per heavy atom. The third kappa shape index (κ3) is 2.22. The molecule has 10 heteroatoms. The average molecular weight is 224 g/mol. The molecule has 0 spiro atoms. The Kier molecular flexibility index (Phi) is 2.83. The maximum absolute atomic E-state index is 10.1. The average Bonchev–Trinajstić information content (AvgIpc) is 1.57. The van der Waals surface area contributed by atoms with E-state index in [1.165, 1.54) is 0 Å². The van der Waals surface area contributed by atoms with Gasteiger partial charge in [-0.3, -0.25) is 9.13 Å². The van der Waals surface area contributed by atoms with Gasteiger partial charge in [0, 0.05) is 0 Å². The normalized spacial score (nSPS) is 42.3. The molecule has 1 heterocycles. The first-order valence-corrected chi connectivity index (χ1v) is 7.02. The van der Waals surface area contributed by atoms with Crippen LogP contribution in [0, 0.1) is 0 Å². The molecule has 0 aromatic heterocycles. The molecule has 1 rings (SSSR count). The van der Waals surface area contributed by atoms with Crippen LogP contribution in [0.25, 0.3) is 0 Å². The molecule has 0 saturated carbocycles. The van der Waals surface area contributed by atoms with Crippen LogP contribution < -0.4 is 0 Å². The van der Waals surface area contributed by atoms with E-state index in [9.17, 15) is 9.13 Å². The molecular weight excluding hydrogens is 221 g/mol. The van der Waals surface area contributed by atoms with E-state index in [1.807, 2.05) is 0 Å². The summed E-state index contributed by atoms with van der Waals surface area (Å²) in [4.78, 5) is 8.17. The Morgan fingerprint density at radius 1 is 1.70 bits per heavy atom. The predicted molar refractivity (Wildman–Crippen MR) is 37.8 cm³/mol. The summed E-state index contributed by atoms with van der Waals surface area (Å²) in [5.74, 6) is 0. The van der Waals surface area contributed by atoms with Crippen molar-refractivity contribution in [2.45, 2.75) is 0 Å². The van der Waals surface area contributed by atoms with E-state index in [-0.39, 0.29) is 0 Å². The molecule has 60 valence electrons. The highest BCUT2D eigenvalue weighted by Gasteiger charge is 2.38. The first-order chi connectivity index (χ1) is 4.52. The van der Waals surface area contributed by atoms with Crippen LogP contribution >= 0.6 is 23.2 Å². The van der Waals surface area contributed by atoms with Crippen LogP contribution in [0.3, 0.4) is 0 Å². The predicted octanol–water partition coefficient (Wildman–Crippen LogP) is 1.05. The van der Waals surface area contributed by atoms with Gasteiger partial charge in [0.1, 0.15) is 0 Å². The zero-order chi connectivity index (χ0) is 7.78. The molecule has 1 fully saturated rings. The van der Waals surface area contributed by atoms with Crippen LogP contribution in [0.4, 0.5) is 0 Å². The summed E-state index contributed by atoms with van der Waals surface area (Å²) in [6, 6.07) is 0. The zero-order valence-corrected chi connectivity index (χ0v) is 8.05. The van der Waals surface area contributed by atoms with Crippen LogP contribution in [-0.4, -0.2) is 4.89 Å². The van der Waals surface area contributed by atoms with Crippen molar-refractivity contribution >= 4 is 35.0 Å². The summed E-state index contributed by atoms with van der Waals surface area (Å²) < 4.78 is 32.9. The van der Waals surface area contributed by atoms with Gasteiger partial charge in [0.25, 0.3) is 0 Å². The van der Waals surface area contributed by atoms with E-state index in [4.69, 9.17) is 4.89 Å². The Hall–Kier alpha value is 0.950. The molecule has 6 nitrogen and oxygen atoms in total. The Bertz CT molecular complexity index is 219. The number of hydrogen-bond acceptors (Lipinski definition) is 6. The van der Waals surface area contributed by atoms with Crippen molar-refractivity contribution in [2.24, 2.45) is 0 Å². The Labute approximate surface area is 62.6 Å². The fourth-order valence-corrected chi connectivity index (χ4v) is 5.24. The van der Waals surface area contributed by atoms with Gasteiger partial charge in [-0.2, -0.15) is 0 Å². The molecule has 10 heavy (non-hydrogen) atoms. The maximum Gasteiger partial charge on any atom is 0.348 e. The number of hydrogen-bond donors (Lipinski definition) is 1. The monoisotopic (exact) mass is 224 g/mol. The molecule has 1 aliphatic rings. The summed E-state index contributed by atoms with van der Waals surface area (Å²) in [7, 11) is -5.66. The molecule has 1 N–H and O–H groups in total. The van der Waals surface area contributed by atoms with Crippen molar-refractivity contribution in [3.05, 3.63) is 0 Å². The largest absolute Gasteiger partial charge is 0.348 e. The molecule has 0 aromatic rings. The van der Waals surface area contributed by atoms with E-state index >= 15 is 0 Å². The fourth-order valence-electron chi connectivity index (χ4n) is 0.322. The van der Waals surface area contributed by atoms with Crippen molar-refractivity contribution < 1.29 is 27.0 Å². The zero-order valence-electron chi connectivity index (χ0n) is 4.34. The molecule has 0 bridgehead atoms. The second-order valence-corrected chi connectivity index (χ2v) is 6.70. The highest BCUT2D eigenvalue weighted by Crippen LogP contribution is 2.75. The van der Waals surface area contributed by atoms with Crippen LogP contribution in [-0.2, 0) is 33.9 Å². The first kappa shape index (κ1) is 9.04. The van der Waals surface area contributed by atoms with Crippen molar-refractivity contribution in [1.29, 1.82) is 0 Å². The van der Waals surface area contributed by atoms with Gasteiger partial charge >= 0.3 is 23.2 Å². The lowest BCUT2D eigenvalue weighted by molar-refractivity contribution is 0.287. The molecule has 1 unspecified atom stereocenters. The van der Waals surface area contributed by atoms with Crippen molar-refractivity contribution in [3.63, 3.8) is 0 Å². The lowest BCUT2D eigenvalue weighted by atomic mass is 15.7. The fraction of sp³-hybridized carbons (Fsp3) is 0. The van der Waals surface area contributed by atoms with Gasteiger partial charge in [0.15, 0.2) is 0 Å². The summed E-state index contributed by atoms with van der Waals surface area (Å²) >= 11 is 4.42. The minimum atomic E-state index is -3.15. The lowest BCUT2D eigenvalue weighted by Gasteiger charge is -2.26. The van der Waals surface area contributed by atoms with Gasteiger partial charge < -0.3 is 4.89 Å². The molecule has 0 aliphatic carbocycles. The van der Waals surface area contributed by atoms with Crippen LogP contribution in [0.15, 0.2) is 0 Å². The van der Waals surface area contributed by atoms with Gasteiger partial charge in [-0.1, -0.05) is 0 Å². The molecular formula is H3O6P3S. The first-order valence-electron chi connectivity index (χ1n) is 1.97. The molecule has 1 saturated heterocycles. The third-order valence-corrected chi connectivity index (χ3v) is 7.08. The summed E-state index contributed by atoms with van der Waals surface area (Å²) in [5, 5.41) is 0. The third-order valence-electron chi connectivity index (χ3n) is 0.563. The van der Waals surface area contributed by atoms with Gasteiger partial charge in [0.05, 0.1) is 0 Å². The second kappa shape index (κ2) is 3.13. The summed E-state index contributed by atoms with van der Waals surface area (Å²) in [6.45, 7) is -3.06. The van der Waals surface area contributed by atoms with Gasteiger partial charge in [-0.05, 0) is 11.8 Å². The van der Waals surface area contributed by atoms with Crippen LogP contribution in [0.2, 0.25) is 0 Å². The lowest BCUT2D eigenvalue weighted by Crippen LogP contribution is -1.95. The standard InChI is InChI=1S/H3O6P3S/c1-7(2)4-9(10)5-8(3)6-9/h7-8H,(H,1,2). The smallest absolute Gasteiger partial charge is 0.326 e. The minimum absolute atomic E-state index is 2.51. The van der Waals surface area contributed by atoms with Crippen molar-refractivity contribution in [1.82, 2.24) is 0 Å². The van der Waals surface area contributed by atoms with Gasteiger partial charge in [0.2, 0.25) is 0 Å². The highest BCUT2D eigenvalue weighted by molar-refractivity contribution is 8.13. The Balaban J connectivity index is 2.50. The van der Waals surface area contributed by atoms with E-state index < -0.39 is 23.2 Å². The number of rotatable bonds is 2. The van der Waals surface area contributed by atoms with E-state index in [0.717, 1.165) is 0 Å². The Morgan fingerprint density at radius 2 is 2.20 bits per heavy atom. The topological polar surface area (TPSA) is 82.1 Å². The second-order valence-electron chi connectivity index (χ2n) is 1.24. The van der Waals surface area contributed by atoms with Crippen LogP contribution in [0.5, 0.6) is 0 Å². The maximum atomic E-state index is 10.1. The molecule has 0 aromatic carbocycles. The molecule has 0 amide bonds. The SMILES string of the molecule is O=[PH](O)OP1(=S)O[PH](=O)O1.